The standard InChI is InChI=1S/C17H28N4O2/c1-4-14(5-2)13-19-17(18-3)21-10-8-20(9-11-21)16(22)15-7-6-12-23-15/h6-7,12,14H,4-5,8-11,13H2,1-3H3,(H,18,19). The summed E-state index contributed by atoms with van der Waals surface area (Å²) in [6.07, 6.45) is 3.88. The second-order valence-corrected chi connectivity index (χ2v) is 5.87. The van der Waals surface area contributed by atoms with Crippen LogP contribution in [0, 0.1) is 5.92 Å². The average Bonchev–Trinajstić information content (AvgIpc) is 3.13. The molecule has 2 rings (SSSR count). The second-order valence-electron chi connectivity index (χ2n) is 5.87. The van der Waals surface area contributed by atoms with Crippen molar-refractivity contribution in [3.8, 4) is 0 Å². The van der Waals surface area contributed by atoms with E-state index in [0.717, 1.165) is 25.6 Å². The number of rotatable bonds is 5. The van der Waals surface area contributed by atoms with Gasteiger partial charge in [-0.1, -0.05) is 26.7 Å². The first-order valence-electron chi connectivity index (χ1n) is 8.47. The van der Waals surface area contributed by atoms with Crippen LogP contribution in [-0.2, 0) is 0 Å². The lowest BCUT2D eigenvalue weighted by Crippen LogP contribution is -2.54. The summed E-state index contributed by atoms with van der Waals surface area (Å²) in [6.45, 7) is 8.33. The molecule has 1 aliphatic heterocycles. The molecule has 6 nitrogen and oxygen atoms in total. The first-order chi connectivity index (χ1) is 11.2. The molecule has 0 atom stereocenters. The molecule has 1 N–H and O–H groups in total. The number of guanidine groups is 1. The fourth-order valence-corrected chi connectivity index (χ4v) is 2.82. The molecule has 1 aromatic rings. The molecule has 0 saturated carbocycles. The number of amides is 1. The van der Waals surface area contributed by atoms with Crippen LogP contribution in [0.2, 0.25) is 0 Å². The van der Waals surface area contributed by atoms with Gasteiger partial charge in [0, 0.05) is 39.8 Å². The Labute approximate surface area is 138 Å². The van der Waals surface area contributed by atoms with Gasteiger partial charge < -0.3 is 19.5 Å². The highest BCUT2D eigenvalue weighted by molar-refractivity contribution is 5.91. The van der Waals surface area contributed by atoms with Crippen LogP contribution in [0.3, 0.4) is 0 Å². The van der Waals surface area contributed by atoms with Crippen LogP contribution >= 0.6 is 0 Å². The Morgan fingerprint density at radius 1 is 1.26 bits per heavy atom. The lowest BCUT2D eigenvalue weighted by atomic mass is 10.0. The van der Waals surface area contributed by atoms with Crippen molar-refractivity contribution in [3.05, 3.63) is 24.2 Å². The van der Waals surface area contributed by atoms with E-state index < -0.39 is 0 Å². The third-order valence-corrected chi connectivity index (χ3v) is 4.51. The molecule has 23 heavy (non-hydrogen) atoms. The maximum absolute atomic E-state index is 12.3. The van der Waals surface area contributed by atoms with Gasteiger partial charge in [0.05, 0.1) is 6.26 Å². The summed E-state index contributed by atoms with van der Waals surface area (Å²) in [7, 11) is 1.82. The Hall–Kier alpha value is -1.98. The molecule has 2 heterocycles. The van der Waals surface area contributed by atoms with Crippen LogP contribution in [0.1, 0.15) is 37.2 Å². The molecule has 1 aliphatic rings. The number of carbonyl (C=O) groups is 1. The quantitative estimate of drug-likeness (QED) is 0.666. The Bertz CT molecular complexity index is 501. The minimum Gasteiger partial charge on any atom is -0.459 e. The van der Waals surface area contributed by atoms with E-state index >= 15 is 0 Å². The molecule has 128 valence electrons. The summed E-state index contributed by atoms with van der Waals surface area (Å²) >= 11 is 0. The zero-order valence-electron chi connectivity index (χ0n) is 14.4. The molecule has 0 radical (unpaired) electrons. The van der Waals surface area contributed by atoms with Crippen molar-refractivity contribution in [3.63, 3.8) is 0 Å². The zero-order chi connectivity index (χ0) is 16.7. The van der Waals surface area contributed by atoms with Crippen molar-refractivity contribution in [1.82, 2.24) is 15.1 Å². The number of aliphatic imine (C=N–C) groups is 1. The minimum absolute atomic E-state index is 0.0328. The molecule has 0 bridgehead atoms. The van der Waals surface area contributed by atoms with E-state index in [4.69, 9.17) is 4.42 Å². The number of piperazine rings is 1. The number of carbonyl (C=O) groups excluding carboxylic acids is 1. The molecule has 6 heteroatoms. The molecule has 0 aromatic carbocycles. The Morgan fingerprint density at radius 2 is 1.91 bits per heavy atom. The highest BCUT2D eigenvalue weighted by Crippen LogP contribution is 2.10. The molecule has 0 aliphatic carbocycles. The number of nitrogens with one attached hydrogen (secondary N) is 1. The largest absolute Gasteiger partial charge is 0.459 e. The number of nitrogens with zero attached hydrogens (tertiary/aromatic N) is 3. The van der Waals surface area contributed by atoms with Crippen molar-refractivity contribution in [2.45, 2.75) is 26.7 Å². The van der Waals surface area contributed by atoms with Gasteiger partial charge in [0.2, 0.25) is 0 Å². The van der Waals surface area contributed by atoms with Crippen LogP contribution in [0.4, 0.5) is 0 Å². The van der Waals surface area contributed by atoms with E-state index in [0.29, 0.717) is 24.8 Å². The molecular weight excluding hydrogens is 292 g/mol. The van der Waals surface area contributed by atoms with Gasteiger partial charge in [-0.05, 0) is 18.1 Å². The van der Waals surface area contributed by atoms with Gasteiger partial charge in [0.1, 0.15) is 0 Å². The summed E-state index contributed by atoms with van der Waals surface area (Å²) in [6, 6.07) is 3.46. The lowest BCUT2D eigenvalue weighted by Gasteiger charge is -2.36. The second kappa shape index (κ2) is 8.60. The summed E-state index contributed by atoms with van der Waals surface area (Å²) in [5.41, 5.74) is 0. The monoisotopic (exact) mass is 320 g/mol. The van der Waals surface area contributed by atoms with E-state index in [1.54, 1.807) is 12.1 Å². The maximum Gasteiger partial charge on any atom is 0.289 e. The van der Waals surface area contributed by atoms with E-state index in [2.05, 4.69) is 29.1 Å². The summed E-state index contributed by atoms with van der Waals surface area (Å²) in [5, 5.41) is 3.47. The van der Waals surface area contributed by atoms with Gasteiger partial charge >= 0.3 is 0 Å². The minimum atomic E-state index is -0.0328. The van der Waals surface area contributed by atoms with Crippen molar-refractivity contribution >= 4 is 11.9 Å². The van der Waals surface area contributed by atoms with E-state index in [-0.39, 0.29) is 5.91 Å². The van der Waals surface area contributed by atoms with Gasteiger partial charge in [-0.2, -0.15) is 0 Å². The highest BCUT2D eigenvalue weighted by atomic mass is 16.3. The molecule has 1 amide bonds. The van der Waals surface area contributed by atoms with Crippen LogP contribution in [0.5, 0.6) is 0 Å². The van der Waals surface area contributed by atoms with Gasteiger partial charge in [-0.15, -0.1) is 0 Å². The van der Waals surface area contributed by atoms with E-state index in [9.17, 15) is 4.79 Å². The fraction of sp³-hybridized carbons (Fsp3) is 0.647. The molecular formula is C17H28N4O2. The normalized spacial score (nSPS) is 16.1. The summed E-state index contributed by atoms with van der Waals surface area (Å²) < 4.78 is 5.19. The molecule has 0 spiro atoms. The van der Waals surface area contributed by atoms with Gasteiger partial charge in [0.25, 0.3) is 5.91 Å². The third kappa shape index (κ3) is 4.50. The zero-order valence-corrected chi connectivity index (χ0v) is 14.4. The van der Waals surface area contributed by atoms with Crippen molar-refractivity contribution in [2.75, 3.05) is 39.8 Å². The Morgan fingerprint density at radius 3 is 2.43 bits per heavy atom. The number of furan rings is 1. The Kier molecular flexibility index (Phi) is 6.50. The van der Waals surface area contributed by atoms with Gasteiger partial charge in [0.15, 0.2) is 11.7 Å². The van der Waals surface area contributed by atoms with Crippen LogP contribution in [0.15, 0.2) is 27.8 Å². The molecule has 1 aromatic heterocycles. The highest BCUT2D eigenvalue weighted by Gasteiger charge is 2.25. The first kappa shape index (κ1) is 17.4. The number of hydrogen-bond acceptors (Lipinski definition) is 3. The lowest BCUT2D eigenvalue weighted by molar-refractivity contribution is 0.0657. The van der Waals surface area contributed by atoms with Gasteiger partial charge in [-0.25, -0.2) is 0 Å². The smallest absolute Gasteiger partial charge is 0.289 e. The number of hydrogen-bond donors (Lipinski definition) is 1. The predicted molar refractivity (Wildman–Crippen MR) is 91.6 cm³/mol. The van der Waals surface area contributed by atoms with Crippen LogP contribution in [-0.4, -0.2) is 61.4 Å². The predicted octanol–water partition coefficient (Wildman–Crippen LogP) is 2.05. The summed E-state index contributed by atoms with van der Waals surface area (Å²) in [5.74, 6) is 1.99. The topological polar surface area (TPSA) is 61.1 Å². The van der Waals surface area contributed by atoms with Crippen molar-refractivity contribution < 1.29 is 9.21 Å². The Balaban J connectivity index is 1.83. The van der Waals surface area contributed by atoms with Crippen LogP contribution in [0.25, 0.3) is 0 Å². The van der Waals surface area contributed by atoms with Crippen molar-refractivity contribution in [2.24, 2.45) is 10.9 Å². The fourth-order valence-electron chi connectivity index (χ4n) is 2.82. The first-order valence-corrected chi connectivity index (χ1v) is 8.47. The molecule has 1 fully saturated rings. The SMILES string of the molecule is CCC(CC)CNC(=NC)N1CCN(C(=O)c2ccco2)CC1. The maximum atomic E-state index is 12.3. The molecule has 1 saturated heterocycles. The van der Waals surface area contributed by atoms with E-state index in [1.807, 2.05) is 11.9 Å². The van der Waals surface area contributed by atoms with Crippen molar-refractivity contribution in [1.29, 1.82) is 0 Å². The average molecular weight is 320 g/mol. The summed E-state index contributed by atoms with van der Waals surface area (Å²) in [4.78, 5) is 20.7. The van der Waals surface area contributed by atoms with Gasteiger partial charge in [-0.3, -0.25) is 9.79 Å². The van der Waals surface area contributed by atoms with Crippen LogP contribution < -0.4 is 5.32 Å². The molecule has 0 unspecified atom stereocenters. The van der Waals surface area contributed by atoms with E-state index in [1.165, 1.54) is 19.1 Å². The third-order valence-electron chi connectivity index (χ3n) is 4.51.